The van der Waals surface area contributed by atoms with Crippen LogP contribution < -0.4 is 9.47 Å². The quantitative estimate of drug-likeness (QED) is 0.125. The molecular weight excluding hydrogens is 592 g/mol. The molecule has 1 unspecified atom stereocenters. The van der Waals surface area contributed by atoms with Crippen molar-refractivity contribution >= 4 is 45.5 Å². The Morgan fingerprint density at radius 1 is 0.766 bits per heavy atom. The van der Waals surface area contributed by atoms with Gasteiger partial charge in [0.15, 0.2) is 0 Å². The molecule has 0 amide bonds. The lowest BCUT2D eigenvalue weighted by Crippen LogP contribution is -2.27. The highest BCUT2D eigenvalue weighted by Crippen LogP contribution is 2.42. The molecule has 0 saturated heterocycles. The van der Waals surface area contributed by atoms with Crippen molar-refractivity contribution in [3.63, 3.8) is 0 Å². The average molecular weight is 629 g/mol. The van der Waals surface area contributed by atoms with Gasteiger partial charge in [-0.05, 0) is 88.8 Å². The Morgan fingerprint density at radius 2 is 1.30 bits per heavy atom. The number of hydrogen-bond acceptors (Lipinski definition) is 8. The van der Waals surface area contributed by atoms with Crippen LogP contribution in [0.5, 0.6) is 11.5 Å². The summed E-state index contributed by atoms with van der Waals surface area (Å²) < 4.78 is 23.7. The number of rotatable bonds is 8. The highest BCUT2D eigenvalue weighted by atomic mass is 16.5. The number of aromatic nitrogens is 1. The molecule has 0 spiro atoms. The molecule has 47 heavy (non-hydrogen) atoms. The third-order valence-electron chi connectivity index (χ3n) is 8.32. The second kappa shape index (κ2) is 11.8. The zero-order valence-electron chi connectivity index (χ0n) is 27.1. The van der Waals surface area contributed by atoms with Crippen LogP contribution in [0, 0.1) is 11.8 Å². The molecule has 0 fully saturated rings. The molecule has 8 heteroatoms. The van der Waals surface area contributed by atoms with Crippen molar-refractivity contribution in [2.45, 2.75) is 59.4 Å². The van der Waals surface area contributed by atoms with Crippen LogP contribution in [0.1, 0.15) is 64.5 Å². The molecule has 0 bridgehead atoms. The fraction of sp³-hybridized carbons (Fsp3) is 0.282. The Morgan fingerprint density at radius 3 is 1.89 bits per heavy atom. The largest absolute Gasteiger partial charge is 0.440 e. The maximum absolute atomic E-state index is 12.1. The Bertz CT molecular complexity index is 2120. The summed E-state index contributed by atoms with van der Waals surface area (Å²) in [6, 6.07) is 23.2. The van der Waals surface area contributed by atoms with E-state index in [0.29, 0.717) is 42.5 Å². The molecule has 1 aliphatic carbocycles. The first kappa shape index (κ1) is 30.4. The minimum Gasteiger partial charge on any atom is -0.440 e. The molecule has 5 aromatic rings. The summed E-state index contributed by atoms with van der Waals surface area (Å²) in [7, 11) is 0. The normalized spacial score (nSPS) is 16.9. The summed E-state index contributed by atoms with van der Waals surface area (Å²) in [5, 5.41) is 3.89. The van der Waals surface area contributed by atoms with E-state index < -0.39 is 5.54 Å². The standard InChI is InChI=1S/C39H36N2O6/c1-22(2)14-35(42)44-30-12-10-24-16-28(8-6-26(24)18-30)37-40-32-20-34-39(5,21-33(32)46-37)41-38(47-34)29-9-7-27-19-31(13-11-25(27)17-29)45-36(43)15-23(3)4/h6-13,16-20,22-23H,14-15,21H2,1-5H3. The van der Waals surface area contributed by atoms with Crippen LogP contribution >= 0.6 is 0 Å². The van der Waals surface area contributed by atoms with Gasteiger partial charge in [0.25, 0.3) is 0 Å². The maximum Gasteiger partial charge on any atom is 0.311 e. The lowest BCUT2D eigenvalue weighted by Gasteiger charge is -2.22. The zero-order valence-corrected chi connectivity index (χ0v) is 27.1. The SMILES string of the molecule is CC(C)CC(=O)Oc1ccc2cc(C3=NC4(C)Cc5oc(-c6ccc7cc(OC(=O)CC(C)C)ccc7c6)nc5C=C4O3)ccc2c1. The highest BCUT2D eigenvalue weighted by molar-refractivity contribution is 6.01. The molecule has 0 N–H and O–H groups in total. The topological polar surface area (TPSA) is 100 Å². The van der Waals surface area contributed by atoms with E-state index in [-0.39, 0.29) is 23.8 Å². The van der Waals surface area contributed by atoms with Crippen molar-refractivity contribution in [2.24, 2.45) is 16.8 Å². The van der Waals surface area contributed by atoms with Crippen molar-refractivity contribution in [3.8, 4) is 23.0 Å². The van der Waals surface area contributed by atoms with Gasteiger partial charge in [-0.2, -0.15) is 0 Å². The third-order valence-corrected chi connectivity index (χ3v) is 8.32. The molecule has 1 aromatic heterocycles. The van der Waals surface area contributed by atoms with Gasteiger partial charge in [-0.25, -0.2) is 9.98 Å². The van der Waals surface area contributed by atoms with Crippen molar-refractivity contribution in [2.75, 3.05) is 0 Å². The van der Waals surface area contributed by atoms with Crippen LogP contribution in [0.3, 0.4) is 0 Å². The summed E-state index contributed by atoms with van der Waals surface area (Å²) in [4.78, 5) is 34.0. The number of nitrogens with zero attached hydrogens (tertiary/aromatic N) is 2. The van der Waals surface area contributed by atoms with Gasteiger partial charge in [0, 0.05) is 36.5 Å². The highest BCUT2D eigenvalue weighted by Gasteiger charge is 2.43. The second-order valence-corrected chi connectivity index (χ2v) is 13.4. The second-order valence-electron chi connectivity index (χ2n) is 13.4. The summed E-state index contributed by atoms with van der Waals surface area (Å²) in [5.74, 6) is 3.63. The summed E-state index contributed by atoms with van der Waals surface area (Å²) in [6.45, 7) is 10.00. The lowest BCUT2D eigenvalue weighted by atomic mass is 9.89. The fourth-order valence-corrected chi connectivity index (χ4v) is 5.97. The van der Waals surface area contributed by atoms with E-state index in [0.717, 1.165) is 49.9 Å². The van der Waals surface area contributed by atoms with Gasteiger partial charge in [-0.1, -0.05) is 52.0 Å². The van der Waals surface area contributed by atoms with Crippen LogP contribution in [-0.4, -0.2) is 28.4 Å². The van der Waals surface area contributed by atoms with Gasteiger partial charge in [0.05, 0.1) is 0 Å². The molecule has 0 saturated carbocycles. The first-order valence-corrected chi connectivity index (χ1v) is 16.0. The number of aliphatic imine (C=N–C) groups is 1. The van der Waals surface area contributed by atoms with Gasteiger partial charge < -0.3 is 18.6 Å². The van der Waals surface area contributed by atoms with Gasteiger partial charge >= 0.3 is 11.9 Å². The molecule has 8 nitrogen and oxygen atoms in total. The zero-order chi connectivity index (χ0) is 32.9. The Labute approximate surface area is 273 Å². The van der Waals surface area contributed by atoms with Gasteiger partial charge in [0.1, 0.15) is 34.3 Å². The van der Waals surface area contributed by atoms with Crippen molar-refractivity contribution in [3.05, 3.63) is 95.6 Å². The van der Waals surface area contributed by atoms with Crippen LogP contribution in [0.25, 0.3) is 39.1 Å². The van der Waals surface area contributed by atoms with E-state index in [4.69, 9.17) is 28.6 Å². The monoisotopic (exact) mass is 628 g/mol. The van der Waals surface area contributed by atoms with Gasteiger partial charge in [-0.15, -0.1) is 0 Å². The number of hydrogen-bond donors (Lipinski definition) is 0. The fourth-order valence-electron chi connectivity index (χ4n) is 5.97. The summed E-state index contributed by atoms with van der Waals surface area (Å²) in [6.07, 6.45) is 3.19. The number of esters is 2. The molecule has 0 radical (unpaired) electrons. The first-order chi connectivity index (χ1) is 22.5. The predicted octanol–water partition coefficient (Wildman–Crippen LogP) is 8.68. The smallest absolute Gasteiger partial charge is 0.311 e. The minimum absolute atomic E-state index is 0.233. The van der Waals surface area contributed by atoms with Crippen LogP contribution in [0.4, 0.5) is 0 Å². The minimum atomic E-state index is -0.616. The predicted molar refractivity (Wildman–Crippen MR) is 181 cm³/mol. The van der Waals surface area contributed by atoms with Crippen LogP contribution in [0.2, 0.25) is 0 Å². The van der Waals surface area contributed by atoms with Gasteiger partial charge in [-0.3, -0.25) is 9.59 Å². The number of carbonyl (C=O) groups excluding carboxylic acids is 2. The van der Waals surface area contributed by atoms with E-state index in [1.165, 1.54) is 0 Å². The Hall–Kier alpha value is -5.24. The van der Waals surface area contributed by atoms with E-state index in [2.05, 4.69) is 0 Å². The number of fused-ring (bicyclic) bond motifs is 4. The summed E-state index contributed by atoms with van der Waals surface area (Å²) >= 11 is 0. The van der Waals surface area contributed by atoms with E-state index in [1.54, 1.807) is 0 Å². The van der Waals surface area contributed by atoms with Crippen LogP contribution in [-0.2, 0) is 20.7 Å². The molecular formula is C39H36N2O6. The van der Waals surface area contributed by atoms with E-state index in [1.807, 2.05) is 113 Å². The number of carbonyl (C=O) groups is 2. The first-order valence-electron chi connectivity index (χ1n) is 16.0. The average Bonchev–Trinajstić information content (AvgIpc) is 3.57. The molecule has 7 rings (SSSR count). The van der Waals surface area contributed by atoms with Crippen molar-refractivity contribution < 1.29 is 28.2 Å². The van der Waals surface area contributed by atoms with E-state index >= 15 is 0 Å². The van der Waals surface area contributed by atoms with Crippen LogP contribution in [0.15, 0.2) is 88.0 Å². The number of oxazole rings is 1. The molecule has 1 aliphatic heterocycles. The number of ether oxygens (including phenoxy) is 3. The molecule has 2 heterocycles. The molecule has 1 atom stereocenters. The third kappa shape index (κ3) is 6.28. The Balaban J connectivity index is 1.07. The Kier molecular flexibility index (Phi) is 7.66. The molecule has 4 aromatic carbocycles. The van der Waals surface area contributed by atoms with Crippen molar-refractivity contribution in [1.82, 2.24) is 4.98 Å². The number of benzene rings is 4. The molecule has 2 aliphatic rings. The molecule has 238 valence electrons. The van der Waals surface area contributed by atoms with E-state index in [9.17, 15) is 9.59 Å². The van der Waals surface area contributed by atoms with Gasteiger partial charge in [0.2, 0.25) is 11.8 Å². The maximum atomic E-state index is 12.1. The summed E-state index contributed by atoms with van der Waals surface area (Å²) in [5.41, 5.74) is 1.83. The lowest BCUT2D eigenvalue weighted by molar-refractivity contribution is -0.136. The van der Waals surface area contributed by atoms with Crippen molar-refractivity contribution in [1.29, 1.82) is 0 Å².